The molecule has 0 radical (unpaired) electrons. The Hall–Kier alpha value is -1.89. The standard InChI is InChI=1S/C15H11ClFNO/c16-14-4-1-11(2-5-14)9-19-10-12-3-6-15(17)13(7-12)8-18/h1-7H,9-10H2. The molecular weight excluding hydrogens is 265 g/mol. The molecule has 0 saturated carbocycles. The Labute approximate surface area is 116 Å². The summed E-state index contributed by atoms with van der Waals surface area (Å²) in [7, 11) is 0. The van der Waals surface area contributed by atoms with Gasteiger partial charge < -0.3 is 4.74 Å². The van der Waals surface area contributed by atoms with Crippen LogP contribution in [0.5, 0.6) is 0 Å². The van der Waals surface area contributed by atoms with Crippen molar-refractivity contribution in [3.05, 3.63) is 70.0 Å². The first kappa shape index (κ1) is 13.5. The maximum Gasteiger partial charge on any atom is 0.140 e. The lowest BCUT2D eigenvalue weighted by Crippen LogP contribution is -1.95. The van der Waals surface area contributed by atoms with E-state index in [1.807, 2.05) is 12.1 Å². The average molecular weight is 276 g/mol. The number of nitriles is 1. The van der Waals surface area contributed by atoms with Gasteiger partial charge in [0.2, 0.25) is 0 Å². The number of halogens is 2. The fraction of sp³-hybridized carbons (Fsp3) is 0.133. The molecule has 0 aliphatic carbocycles. The molecule has 2 aromatic rings. The van der Waals surface area contributed by atoms with E-state index in [1.54, 1.807) is 24.3 Å². The van der Waals surface area contributed by atoms with Crippen molar-refractivity contribution >= 4 is 11.6 Å². The summed E-state index contributed by atoms with van der Waals surface area (Å²) < 4.78 is 18.6. The SMILES string of the molecule is N#Cc1cc(COCc2ccc(Cl)cc2)ccc1F. The van der Waals surface area contributed by atoms with Crippen LogP contribution in [0.2, 0.25) is 5.02 Å². The van der Waals surface area contributed by atoms with Gasteiger partial charge in [-0.05, 0) is 35.4 Å². The molecule has 0 bridgehead atoms. The molecule has 0 spiro atoms. The fourth-order valence-electron chi connectivity index (χ4n) is 1.62. The van der Waals surface area contributed by atoms with E-state index < -0.39 is 5.82 Å². The van der Waals surface area contributed by atoms with Gasteiger partial charge in [0.05, 0.1) is 18.8 Å². The van der Waals surface area contributed by atoms with Gasteiger partial charge in [0.15, 0.2) is 0 Å². The normalized spacial score (nSPS) is 10.2. The van der Waals surface area contributed by atoms with Crippen LogP contribution in [0.3, 0.4) is 0 Å². The summed E-state index contributed by atoms with van der Waals surface area (Å²) in [5, 5.41) is 9.41. The maximum absolute atomic E-state index is 13.1. The van der Waals surface area contributed by atoms with Crippen molar-refractivity contribution in [2.45, 2.75) is 13.2 Å². The molecule has 4 heteroatoms. The van der Waals surface area contributed by atoms with Gasteiger partial charge in [0, 0.05) is 5.02 Å². The van der Waals surface area contributed by atoms with Crippen molar-refractivity contribution in [3.8, 4) is 6.07 Å². The van der Waals surface area contributed by atoms with Crippen LogP contribution < -0.4 is 0 Å². The quantitative estimate of drug-likeness (QED) is 0.843. The Bertz CT molecular complexity index is 605. The van der Waals surface area contributed by atoms with Gasteiger partial charge in [0.25, 0.3) is 0 Å². The van der Waals surface area contributed by atoms with Crippen molar-refractivity contribution in [1.29, 1.82) is 5.26 Å². The Morgan fingerprint density at radius 2 is 1.68 bits per heavy atom. The molecule has 0 heterocycles. The molecule has 0 amide bonds. The monoisotopic (exact) mass is 275 g/mol. The summed E-state index contributed by atoms with van der Waals surface area (Å²) in [6, 6.07) is 13.5. The van der Waals surface area contributed by atoms with E-state index in [9.17, 15) is 4.39 Å². The second kappa shape index (κ2) is 6.33. The van der Waals surface area contributed by atoms with E-state index in [4.69, 9.17) is 21.6 Å². The molecule has 2 nitrogen and oxygen atoms in total. The van der Waals surface area contributed by atoms with E-state index in [0.717, 1.165) is 11.1 Å². The Morgan fingerprint density at radius 1 is 1.05 bits per heavy atom. The summed E-state index contributed by atoms with van der Waals surface area (Å²) in [5.41, 5.74) is 1.81. The van der Waals surface area contributed by atoms with Crippen molar-refractivity contribution < 1.29 is 9.13 Å². The van der Waals surface area contributed by atoms with Gasteiger partial charge in [-0.2, -0.15) is 5.26 Å². The van der Waals surface area contributed by atoms with Crippen molar-refractivity contribution in [2.24, 2.45) is 0 Å². The molecule has 96 valence electrons. The first-order valence-corrected chi connectivity index (χ1v) is 6.07. The summed E-state index contributed by atoms with van der Waals surface area (Å²) in [4.78, 5) is 0. The van der Waals surface area contributed by atoms with Crippen LogP contribution in [0, 0.1) is 17.1 Å². The zero-order valence-corrected chi connectivity index (χ0v) is 10.8. The van der Waals surface area contributed by atoms with E-state index in [0.29, 0.717) is 18.2 Å². The van der Waals surface area contributed by atoms with E-state index in [2.05, 4.69) is 0 Å². The molecule has 0 fully saturated rings. The minimum absolute atomic E-state index is 0.0348. The number of benzene rings is 2. The second-order valence-electron chi connectivity index (χ2n) is 4.05. The third-order valence-corrected chi connectivity index (χ3v) is 2.85. The zero-order valence-electron chi connectivity index (χ0n) is 10.1. The first-order chi connectivity index (χ1) is 9.19. The number of rotatable bonds is 4. The van der Waals surface area contributed by atoms with Crippen LogP contribution >= 0.6 is 11.6 Å². The van der Waals surface area contributed by atoms with Gasteiger partial charge in [-0.25, -0.2) is 4.39 Å². The van der Waals surface area contributed by atoms with E-state index in [1.165, 1.54) is 12.1 Å². The van der Waals surface area contributed by atoms with Crippen LogP contribution in [0.15, 0.2) is 42.5 Å². The highest BCUT2D eigenvalue weighted by Gasteiger charge is 2.03. The Balaban J connectivity index is 1.92. The van der Waals surface area contributed by atoms with E-state index >= 15 is 0 Å². The molecule has 0 atom stereocenters. The topological polar surface area (TPSA) is 33.0 Å². The Morgan fingerprint density at radius 3 is 2.37 bits per heavy atom. The van der Waals surface area contributed by atoms with Gasteiger partial charge in [-0.1, -0.05) is 29.8 Å². The molecule has 2 rings (SSSR count). The average Bonchev–Trinajstić information content (AvgIpc) is 2.43. The number of hydrogen-bond acceptors (Lipinski definition) is 2. The minimum atomic E-state index is -0.510. The van der Waals surface area contributed by atoms with Gasteiger partial charge in [0.1, 0.15) is 11.9 Å². The van der Waals surface area contributed by atoms with Crippen LogP contribution in [-0.2, 0) is 18.0 Å². The lowest BCUT2D eigenvalue weighted by molar-refractivity contribution is 0.107. The van der Waals surface area contributed by atoms with Gasteiger partial charge in [-0.3, -0.25) is 0 Å². The largest absolute Gasteiger partial charge is 0.372 e. The molecule has 0 unspecified atom stereocenters. The van der Waals surface area contributed by atoms with Gasteiger partial charge in [-0.15, -0.1) is 0 Å². The molecule has 19 heavy (non-hydrogen) atoms. The first-order valence-electron chi connectivity index (χ1n) is 5.70. The second-order valence-corrected chi connectivity index (χ2v) is 4.48. The third kappa shape index (κ3) is 3.78. The fourth-order valence-corrected chi connectivity index (χ4v) is 1.74. The lowest BCUT2D eigenvalue weighted by Gasteiger charge is -2.05. The number of ether oxygens (including phenoxy) is 1. The summed E-state index contributed by atoms with van der Waals surface area (Å²) in [6.45, 7) is 0.772. The highest BCUT2D eigenvalue weighted by Crippen LogP contribution is 2.13. The lowest BCUT2D eigenvalue weighted by atomic mass is 10.1. The molecule has 0 aliphatic heterocycles. The summed E-state index contributed by atoms with van der Waals surface area (Å²) in [6.07, 6.45) is 0. The van der Waals surface area contributed by atoms with Crippen LogP contribution in [0.25, 0.3) is 0 Å². The van der Waals surface area contributed by atoms with Crippen molar-refractivity contribution in [3.63, 3.8) is 0 Å². The smallest absolute Gasteiger partial charge is 0.140 e. The van der Waals surface area contributed by atoms with E-state index in [-0.39, 0.29) is 5.56 Å². The van der Waals surface area contributed by atoms with Gasteiger partial charge >= 0.3 is 0 Å². The molecule has 2 aromatic carbocycles. The van der Waals surface area contributed by atoms with Crippen LogP contribution in [0.4, 0.5) is 4.39 Å². The summed E-state index contributed by atoms with van der Waals surface area (Å²) in [5.74, 6) is -0.510. The predicted molar refractivity (Wildman–Crippen MR) is 71.1 cm³/mol. The third-order valence-electron chi connectivity index (χ3n) is 2.60. The highest BCUT2D eigenvalue weighted by molar-refractivity contribution is 6.30. The molecular formula is C15H11ClFNO. The molecule has 0 saturated heterocycles. The van der Waals surface area contributed by atoms with Crippen LogP contribution in [-0.4, -0.2) is 0 Å². The molecule has 0 N–H and O–H groups in total. The number of hydrogen-bond donors (Lipinski definition) is 0. The maximum atomic E-state index is 13.1. The minimum Gasteiger partial charge on any atom is -0.372 e. The summed E-state index contributed by atoms with van der Waals surface area (Å²) >= 11 is 5.78. The predicted octanol–water partition coefficient (Wildman–Crippen LogP) is 4.07. The van der Waals surface area contributed by atoms with Crippen molar-refractivity contribution in [2.75, 3.05) is 0 Å². The zero-order chi connectivity index (χ0) is 13.7. The molecule has 0 aliphatic rings. The Kier molecular flexibility index (Phi) is 4.51. The molecule has 0 aromatic heterocycles. The highest BCUT2D eigenvalue weighted by atomic mass is 35.5. The number of nitrogens with zero attached hydrogens (tertiary/aromatic N) is 1. The van der Waals surface area contributed by atoms with Crippen molar-refractivity contribution in [1.82, 2.24) is 0 Å². The van der Waals surface area contributed by atoms with Crippen LogP contribution in [0.1, 0.15) is 16.7 Å².